The molecule has 0 spiro atoms. The van der Waals surface area contributed by atoms with E-state index in [1.807, 2.05) is 31.2 Å². The molecule has 0 bridgehead atoms. The zero-order valence-corrected chi connectivity index (χ0v) is 19.7. The van der Waals surface area contributed by atoms with E-state index in [4.69, 9.17) is 21.3 Å². The third kappa shape index (κ3) is 4.35. The molecule has 0 fully saturated rings. The molecule has 0 atom stereocenters. The molecule has 0 aliphatic heterocycles. The molecule has 0 N–H and O–H groups in total. The van der Waals surface area contributed by atoms with Crippen LogP contribution in [0.25, 0.3) is 16.6 Å². The minimum absolute atomic E-state index is 0.177. The zero-order valence-electron chi connectivity index (χ0n) is 18.1. The Morgan fingerprint density at radius 2 is 2.03 bits per heavy atom. The summed E-state index contributed by atoms with van der Waals surface area (Å²) in [5.41, 5.74) is 1.88. The van der Waals surface area contributed by atoms with Gasteiger partial charge in [0.05, 0.1) is 29.5 Å². The first-order valence-corrected chi connectivity index (χ1v) is 11.6. The monoisotopic (exact) mass is 470 g/mol. The number of nitrogens with zero attached hydrogens (tertiary/aromatic N) is 6. The lowest BCUT2D eigenvalue weighted by Crippen LogP contribution is -2.22. The second-order valence-corrected chi connectivity index (χ2v) is 8.64. The predicted octanol–water partition coefficient (Wildman–Crippen LogP) is 4.44. The largest absolute Gasteiger partial charge is 0.495 e. The summed E-state index contributed by atoms with van der Waals surface area (Å²) < 4.78 is 8.93. The Balaban J connectivity index is 1.83. The fourth-order valence-corrected chi connectivity index (χ4v) is 4.44. The van der Waals surface area contributed by atoms with Gasteiger partial charge in [-0.1, -0.05) is 48.8 Å². The number of methoxy groups -OCH3 is 1. The van der Waals surface area contributed by atoms with Crippen molar-refractivity contribution < 1.29 is 4.74 Å². The van der Waals surface area contributed by atoms with Gasteiger partial charge in [0.1, 0.15) is 5.75 Å². The summed E-state index contributed by atoms with van der Waals surface area (Å²) in [6.45, 7) is 4.76. The Morgan fingerprint density at radius 1 is 1.22 bits per heavy atom. The van der Waals surface area contributed by atoms with Gasteiger partial charge in [-0.05, 0) is 47.5 Å². The molecule has 32 heavy (non-hydrogen) atoms. The number of thioether (sulfide) groups is 1. The molecule has 0 unspecified atom stereocenters. The minimum atomic E-state index is -0.177. The highest BCUT2D eigenvalue weighted by molar-refractivity contribution is 7.98. The van der Waals surface area contributed by atoms with Crippen LogP contribution in [0.3, 0.4) is 0 Å². The summed E-state index contributed by atoms with van der Waals surface area (Å²) >= 11 is 7.71. The Morgan fingerprint density at radius 3 is 2.81 bits per heavy atom. The summed E-state index contributed by atoms with van der Waals surface area (Å²) in [4.78, 5) is 18.3. The van der Waals surface area contributed by atoms with E-state index in [1.54, 1.807) is 28.5 Å². The van der Waals surface area contributed by atoms with Gasteiger partial charge in [-0.25, -0.2) is 9.67 Å². The first-order valence-electron chi connectivity index (χ1n) is 10.3. The number of tetrazole rings is 1. The smallest absolute Gasteiger partial charge is 0.266 e. The first kappa shape index (κ1) is 22.3. The van der Waals surface area contributed by atoms with Gasteiger partial charge in [0, 0.05) is 17.6 Å². The van der Waals surface area contributed by atoms with Crippen LogP contribution >= 0.6 is 23.4 Å². The molecule has 0 radical (unpaired) electrons. The number of aromatic nitrogens is 6. The molecule has 166 valence electrons. The van der Waals surface area contributed by atoms with Crippen LogP contribution in [0.5, 0.6) is 5.75 Å². The third-order valence-corrected chi connectivity index (χ3v) is 6.45. The standard InChI is InChI=1S/C22H23ClN6O2S/c1-4-5-10-28-20(25-26-27-28)13-32-22-24-17-9-7-6-8-15(17)21(30)29(22)18-11-14(2)16(23)12-19(18)31-3/h6-9,11-12H,4-5,10,13H2,1-3H3. The second-order valence-electron chi connectivity index (χ2n) is 7.29. The Hall–Kier alpha value is -2.91. The van der Waals surface area contributed by atoms with E-state index in [2.05, 4.69) is 22.4 Å². The van der Waals surface area contributed by atoms with E-state index in [9.17, 15) is 4.79 Å². The molecule has 0 aliphatic rings. The Labute approximate surface area is 194 Å². The number of hydrogen-bond acceptors (Lipinski definition) is 7. The molecule has 0 saturated heterocycles. The number of hydrogen-bond donors (Lipinski definition) is 0. The van der Waals surface area contributed by atoms with Crippen molar-refractivity contribution in [2.45, 2.75) is 44.1 Å². The number of aryl methyl sites for hydroxylation is 2. The van der Waals surface area contributed by atoms with E-state index in [0.29, 0.717) is 38.3 Å². The zero-order chi connectivity index (χ0) is 22.7. The van der Waals surface area contributed by atoms with Crippen molar-refractivity contribution >= 4 is 34.3 Å². The fourth-order valence-electron chi connectivity index (χ4n) is 3.35. The molecule has 0 aliphatic carbocycles. The molecule has 8 nitrogen and oxygen atoms in total. The van der Waals surface area contributed by atoms with Gasteiger partial charge in [0.25, 0.3) is 5.56 Å². The van der Waals surface area contributed by atoms with Crippen molar-refractivity contribution in [3.8, 4) is 11.4 Å². The molecule has 10 heteroatoms. The number of unbranched alkanes of at least 4 members (excludes halogenated alkanes) is 1. The summed E-state index contributed by atoms with van der Waals surface area (Å²) in [6.07, 6.45) is 2.04. The molecule has 4 aromatic rings. The van der Waals surface area contributed by atoms with Gasteiger partial charge >= 0.3 is 0 Å². The summed E-state index contributed by atoms with van der Waals surface area (Å²) in [6, 6.07) is 10.9. The quantitative estimate of drug-likeness (QED) is 0.278. The average molecular weight is 471 g/mol. The van der Waals surface area contributed by atoms with Crippen LogP contribution in [0.2, 0.25) is 5.02 Å². The van der Waals surface area contributed by atoms with Crippen LogP contribution in [0.1, 0.15) is 31.2 Å². The molecular formula is C22H23ClN6O2S. The highest BCUT2D eigenvalue weighted by Crippen LogP contribution is 2.32. The average Bonchev–Trinajstić information content (AvgIpc) is 3.25. The van der Waals surface area contributed by atoms with Crippen LogP contribution in [-0.2, 0) is 12.3 Å². The molecule has 2 aromatic carbocycles. The number of para-hydroxylation sites is 1. The van der Waals surface area contributed by atoms with Crippen LogP contribution in [0.4, 0.5) is 0 Å². The fraction of sp³-hybridized carbons (Fsp3) is 0.318. The van der Waals surface area contributed by atoms with Gasteiger partial charge < -0.3 is 4.74 Å². The van der Waals surface area contributed by atoms with Gasteiger partial charge in [0.2, 0.25) is 0 Å². The topological polar surface area (TPSA) is 87.7 Å². The SMILES string of the molecule is CCCCn1nnnc1CSc1nc2ccccc2c(=O)n1-c1cc(C)c(Cl)cc1OC. The number of halogens is 1. The number of ether oxygens (including phenoxy) is 1. The van der Waals surface area contributed by atoms with Crippen molar-refractivity contribution in [1.29, 1.82) is 0 Å². The van der Waals surface area contributed by atoms with Crippen LogP contribution in [0, 0.1) is 6.92 Å². The first-order chi connectivity index (χ1) is 15.5. The number of benzene rings is 2. The summed E-state index contributed by atoms with van der Waals surface area (Å²) in [7, 11) is 1.55. The summed E-state index contributed by atoms with van der Waals surface area (Å²) in [5.74, 6) is 1.70. The van der Waals surface area contributed by atoms with Gasteiger partial charge in [-0.2, -0.15) is 0 Å². The highest BCUT2D eigenvalue weighted by Gasteiger charge is 2.19. The van der Waals surface area contributed by atoms with Crippen molar-refractivity contribution in [2.24, 2.45) is 0 Å². The van der Waals surface area contributed by atoms with Crippen LogP contribution in [-0.4, -0.2) is 36.9 Å². The van der Waals surface area contributed by atoms with E-state index in [1.165, 1.54) is 11.8 Å². The molecule has 2 aromatic heterocycles. The number of fused-ring (bicyclic) bond motifs is 1. The number of rotatable bonds is 8. The maximum absolute atomic E-state index is 13.6. The summed E-state index contributed by atoms with van der Waals surface area (Å²) in [5, 5.41) is 13.7. The van der Waals surface area contributed by atoms with Crippen LogP contribution in [0.15, 0.2) is 46.3 Å². The van der Waals surface area contributed by atoms with Crippen molar-refractivity contribution in [1.82, 2.24) is 29.8 Å². The Kier molecular flexibility index (Phi) is 6.76. The van der Waals surface area contributed by atoms with Crippen molar-refractivity contribution in [3.63, 3.8) is 0 Å². The Bertz CT molecular complexity index is 1320. The van der Waals surface area contributed by atoms with Gasteiger partial charge in [0.15, 0.2) is 11.0 Å². The van der Waals surface area contributed by atoms with Crippen LogP contribution < -0.4 is 10.3 Å². The maximum atomic E-state index is 13.6. The van der Waals surface area contributed by atoms with E-state index in [0.717, 1.165) is 30.8 Å². The molecule has 0 saturated carbocycles. The van der Waals surface area contributed by atoms with Gasteiger partial charge in [-0.15, -0.1) is 5.10 Å². The molecular weight excluding hydrogens is 448 g/mol. The van der Waals surface area contributed by atoms with E-state index < -0.39 is 0 Å². The van der Waals surface area contributed by atoms with Crippen molar-refractivity contribution in [3.05, 3.63) is 63.2 Å². The van der Waals surface area contributed by atoms with E-state index in [-0.39, 0.29) is 5.56 Å². The normalized spacial score (nSPS) is 11.2. The predicted molar refractivity (Wildman–Crippen MR) is 126 cm³/mol. The maximum Gasteiger partial charge on any atom is 0.266 e. The molecule has 4 rings (SSSR count). The highest BCUT2D eigenvalue weighted by atomic mass is 35.5. The lowest BCUT2D eigenvalue weighted by atomic mass is 10.2. The lowest BCUT2D eigenvalue weighted by molar-refractivity contribution is 0.411. The van der Waals surface area contributed by atoms with Gasteiger partial charge in [-0.3, -0.25) is 9.36 Å². The second kappa shape index (κ2) is 9.70. The van der Waals surface area contributed by atoms with E-state index >= 15 is 0 Å². The lowest BCUT2D eigenvalue weighted by Gasteiger charge is -2.17. The molecule has 2 heterocycles. The molecule has 0 amide bonds. The third-order valence-electron chi connectivity index (χ3n) is 5.11. The minimum Gasteiger partial charge on any atom is -0.495 e. The van der Waals surface area contributed by atoms with Crippen molar-refractivity contribution in [2.75, 3.05) is 7.11 Å².